The van der Waals surface area contributed by atoms with Crippen molar-refractivity contribution in [3.05, 3.63) is 59.2 Å². The van der Waals surface area contributed by atoms with E-state index in [2.05, 4.69) is 14.6 Å². The van der Waals surface area contributed by atoms with Gasteiger partial charge in [0.25, 0.3) is 0 Å². The van der Waals surface area contributed by atoms with Crippen LogP contribution in [-0.4, -0.2) is 74.9 Å². The van der Waals surface area contributed by atoms with Crippen molar-refractivity contribution in [1.29, 1.82) is 0 Å². The van der Waals surface area contributed by atoms with Crippen LogP contribution in [0.1, 0.15) is 31.1 Å². The molecule has 2 aromatic carbocycles. The largest absolute Gasteiger partial charge is 0.479 e. The number of benzene rings is 2. The summed E-state index contributed by atoms with van der Waals surface area (Å²) in [7, 11) is 0. The van der Waals surface area contributed by atoms with Crippen LogP contribution in [0.4, 0.5) is 35.4 Å². The molecule has 1 unspecified atom stereocenters. The zero-order valence-corrected chi connectivity index (χ0v) is 20.9. The summed E-state index contributed by atoms with van der Waals surface area (Å²) < 4.78 is 118. The molecule has 0 saturated carbocycles. The summed E-state index contributed by atoms with van der Waals surface area (Å²) in [5, 5.41) is 27.1. The number of rotatable bonds is 11. The van der Waals surface area contributed by atoms with Crippen LogP contribution in [0, 0.1) is 5.41 Å². The lowest BCUT2D eigenvalue weighted by Gasteiger charge is -2.38. The van der Waals surface area contributed by atoms with E-state index >= 15 is 4.39 Å². The smallest absolute Gasteiger partial charge is 0.457 e. The first-order valence-corrected chi connectivity index (χ1v) is 10.8. The third-order valence-corrected chi connectivity index (χ3v) is 5.62. The molecule has 22 heteroatoms. The summed E-state index contributed by atoms with van der Waals surface area (Å²) in [6, 6.07) is 4.10. The van der Waals surface area contributed by atoms with E-state index in [9.17, 15) is 64.6 Å². The lowest BCUT2D eigenvalue weighted by molar-refractivity contribution is -0.339. The maximum atomic E-state index is 15.4. The summed E-state index contributed by atoms with van der Waals surface area (Å²) in [5.41, 5.74) is -15.1. The number of aromatic carboxylic acids is 2. The van der Waals surface area contributed by atoms with Crippen molar-refractivity contribution >= 4 is 41.8 Å². The lowest BCUT2D eigenvalue weighted by atomic mass is 9.68. The minimum atomic E-state index is -7.48. The van der Waals surface area contributed by atoms with E-state index in [1.54, 1.807) is 0 Å². The third kappa shape index (κ3) is 5.88. The number of aliphatic carboxylic acids is 1. The van der Waals surface area contributed by atoms with E-state index in [0.717, 1.165) is 12.1 Å². The summed E-state index contributed by atoms with van der Waals surface area (Å²) in [6.07, 6.45) is -7.37. The van der Waals surface area contributed by atoms with Gasteiger partial charge in [0, 0.05) is 9.05 Å². The van der Waals surface area contributed by atoms with Crippen molar-refractivity contribution in [3.63, 3.8) is 0 Å². The molecule has 0 aliphatic rings. The number of carbonyl (C=O) groups excluding carboxylic acids is 4. The highest BCUT2D eigenvalue weighted by Gasteiger charge is 2.91. The van der Waals surface area contributed by atoms with Crippen molar-refractivity contribution in [2.24, 2.45) is 5.41 Å². The van der Waals surface area contributed by atoms with Gasteiger partial charge in [0.15, 0.2) is 0 Å². The van der Waals surface area contributed by atoms with Crippen molar-refractivity contribution in [3.8, 4) is 11.5 Å². The molecular formula is C23H10F8O14. The molecule has 2 aromatic rings. The van der Waals surface area contributed by atoms with Crippen LogP contribution >= 0.6 is 0 Å². The zero-order chi connectivity index (χ0) is 34.7. The van der Waals surface area contributed by atoms with Gasteiger partial charge < -0.3 is 24.8 Å². The van der Waals surface area contributed by atoms with Crippen LogP contribution < -0.4 is 9.47 Å². The highest BCUT2D eigenvalue weighted by molar-refractivity contribution is 6.23. The number of hydrogen-bond acceptors (Lipinski definition) is 11. The van der Waals surface area contributed by atoms with Crippen LogP contribution in [0.15, 0.2) is 42.5 Å². The molecule has 0 aliphatic carbocycles. The average Bonchev–Trinajstić information content (AvgIpc) is 2.96. The normalized spacial score (nSPS) is 13.1. The van der Waals surface area contributed by atoms with E-state index in [1.165, 1.54) is 0 Å². The SMILES string of the molecule is O=C(Oc1ccc(OC(=O)C(C(=O)OF)(C(=O)OF)C(F)(C(=O)O)C(F)(F)C(F)(F)F)cc1)c1ccc(C(=O)O)c(C(=O)O)c1. The Morgan fingerprint density at radius 2 is 1.04 bits per heavy atom. The minimum absolute atomic E-state index is 0.394. The Balaban J connectivity index is 2.55. The minimum Gasteiger partial charge on any atom is -0.479 e. The fourth-order valence-electron chi connectivity index (χ4n) is 3.47. The molecule has 1 atom stereocenters. The number of halogens is 8. The molecule has 0 amide bonds. The van der Waals surface area contributed by atoms with Crippen molar-refractivity contribution < 1.29 is 104 Å². The molecular weight excluding hydrogens is 652 g/mol. The first-order chi connectivity index (χ1) is 20.6. The molecule has 0 heterocycles. The van der Waals surface area contributed by atoms with Gasteiger partial charge in [0.1, 0.15) is 11.5 Å². The van der Waals surface area contributed by atoms with Gasteiger partial charge in [0.05, 0.1) is 16.7 Å². The van der Waals surface area contributed by atoms with Gasteiger partial charge in [-0.05, 0) is 42.5 Å². The van der Waals surface area contributed by atoms with E-state index in [1.807, 2.05) is 0 Å². The van der Waals surface area contributed by atoms with Gasteiger partial charge in [-0.25, -0.2) is 38.0 Å². The van der Waals surface area contributed by atoms with Gasteiger partial charge in [-0.1, -0.05) is 0 Å². The van der Waals surface area contributed by atoms with E-state index in [4.69, 9.17) is 20.1 Å². The summed E-state index contributed by atoms with van der Waals surface area (Å²) >= 11 is 0. The Labute approximate surface area is 240 Å². The first kappa shape index (κ1) is 35.4. The Kier molecular flexibility index (Phi) is 9.76. The molecule has 242 valence electrons. The molecule has 0 bridgehead atoms. The molecule has 0 spiro atoms. The van der Waals surface area contributed by atoms with Crippen molar-refractivity contribution in [1.82, 2.24) is 0 Å². The number of carboxylic acid groups (broad SMARTS) is 3. The summed E-state index contributed by atoms with van der Waals surface area (Å²) in [6.45, 7) is 0. The maximum absolute atomic E-state index is 15.4. The molecule has 45 heavy (non-hydrogen) atoms. The summed E-state index contributed by atoms with van der Waals surface area (Å²) in [4.78, 5) is 87.1. The second kappa shape index (κ2) is 12.4. The standard InChI is InChI=1S/C23H10F8O14/c24-21(16(37)38,22(25,26)23(27,28)29)20(18(40)44-30,19(41)45-31)17(39)43-10-4-2-9(3-5-10)42-15(36)8-1-6-11(13(32)33)12(7-8)14(34)35/h1-7H,(H,32,33)(H,34,35)(H,37,38). The first-order valence-electron chi connectivity index (χ1n) is 10.8. The highest BCUT2D eigenvalue weighted by atomic mass is 19.4. The van der Waals surface area contributed by atoms with Crippen LogP contribution in [0.3, 0.4) is 0 Å². The Bertz CT molecular complexity index is 1550. The number of esters is 2. The average molecular weight is 662 g/mol. The molecule has 0 fully saturated rings. The lowest BCUT2D eigenvalue weighted by Crippen LogP contribution is -2.74. The van der Waals surface area contributed by atoms with E-state index in [0.29, 0.717) is 30.3 Å². The molecule has 0 aromatic heterocycles. The van der Waals surface area contributed by atoms with Crippen LogP contribution in [0.25, 0.3) is 0 Å². The van der Waals surface area contributed by atoms with E-state index in [-0.39, 0.29) is 0 Å². The predicted molar refractivity (Wildman–Crippen MR) is 117 cm³/mol. The number of alkyl halides is 6. The zero-order valence-electron chi connectivity index (χ0n) is 20.9. The summed E-state index contributed by atoms with van der Waals surface area (Å²) in [5.74, 6) is -29.3. The Morgan fingerprint density at radius 3 is 1.42 bits per heavy atom. The van der Waals surface area contributed by atoms with Crippen molar-refractivity contribution in [2.45, 2.75) is 17.8 Å². The molecule has 3 N–H and O–H groups in total. The Hall–Kier alpha value is -5.83. The number of carboxylic acids is 3. The fourth-order valence-corrected chi connectivity index (χ4v) is 3.47. The molecule has 0 saturated heterocycles. The van der Waals surface area contributed by atoms with Crippen molar-refractivity contribution in [2.75, 3.05) is 0 Å². The second-order valence-corrected chi connectivity index (χ2v) is 8.14. The van der Waals surface area contributed by atoms with Crippen LogP contribution in [-0.2, 0) is 29.1 Å². The van der Waals surface area contributed by atoms with Crippen LogP contribution in [0.2, 0.25) is 0 Å². The van der Waals surface area contributed by atoms with Gasteiger partial charge in [-0.3, -0.25) is 9.88 Å². The molecule has 2 rings (SSSR count). The van der Waals surface area contributed by atoms with Crippen LogP contribution in [0.5, 0.6) is 11.5 Å². The number of carbonyl (C=O) groups is 7. The van der Waals surface area contributed by atoms with Gasteiger partial charge in [-0.2, -0.15) is 22.0 Å². The number of ether oxygens (including phenoxy) is 2. The predicted octanol–water partition coefficient (Wildman–Crippen LogP) is 3.04. The molecule has 0 aliphatic heterocycles. The monoisotopic (exact) mass is 662 g/mol. The van der Waals surface area contributed by atoms with Gasteiger partial charge in [0.2, 0.25) is 0 Å². The number of hydrogen-bond donors (Lipinski definition) is 3. The molecule has 14 nitrogen and oxygen atoms in total. The quantitative estimate of drug-likeness (QED) is 0.136. The Morgan fingerprint density at radius 1 is 0.600 bits per heavy atom. The highest BCUT2D eigenvalue weighted by Crippen LogP contribution is 2.55. The molecule has 0 radical (unpaired) electrons. The fraction of sp³-hybridized carbons (Fsp3) is 0.174. The maximum Gasteiger partial charge on any atom is 0.457 e. The topological polar surface area (TPSA) is 217 Å². The second-order valence-electron chi connectivity index (χ2n) is 8.14. The third-order valence-electron chi connectivity index (χ3n) is 5.62. The van der Waals surface area contributed by atoms with E-state index < -0.39 is 93.2 Å². The van der Waals surface area contributed by atoms with Gasteiger partial charge >= 0.3 is 65.0 Å². The van der Waals surface area contributed by atoms with Gasteiger partial charge in [-0.15, -0.1) is 0 Å².